The minimum atomic E-state index is -0.252. The molecule has 0 unspecified atom stereocenters. The van der Waals surface area contributed by atoms with E-state index in [0.717, 1.165) is 32.5 Å². The summed E-state index contributed by atoms with van der Waals surface area (Å²) in [7, 11) is 0. The molecule has 2 aromatic rings. The molecule has 0 aromatic heterocycles. The van der Waals surface area contributed by atoms with Gasteiger partial charge in [0.05, 0.1) is 18.8 Å². The third kappa shape index (κ3) is 10.1. The molecule has 0 heterocycles. The van der Waals surface area contributed by atoms with E-state index in [-0.39, 0.29) is 5.97 Å². The molecule has 0 N–H and O–H groups in total. The molecule has 0 aliphatic carbocycles. The van der Waals surface area contributed by atoms with Crippen molar-refractivity contribution < 1.29 is 14.3 Å². The monoisotopic (exact) mass is 394 g/mol. The van der Waals surface area contributed by atoms with Gasteiger partial charge in [0.15, 0.2) is 0 Å². The minimum Gasteiger partial charge on any atom is -0.462 e. The maximum atomic E-state index is 11.6. The SMILES string of the molecule is CCOC(=O)c1ccc(C/C=C/CCCCCCCOCc2ccccc2)cc1. The molecular weight excluding hydrogens is 360 g/mol. The average molecular weight is 395 g/mol. The quantitative estimate of drug-likeness (QED) is 0.208. The molecule has 0 saturated carbocycles. The summed E-state index contributed by atoms with van der Waals surface area (Å²) in [5.41, 5.74) is 3.07. The number of benzene rings is 2. The first-order valence-corrected chi connectivity index (χ1v) is 10.8. The van der Waals surface area contributed by atoms with E-state index < -0.39 is 0 Å². The number of carbonyl (C=O) groups is 1. The van der Waals surface area contributed by atoms with Gasteiger partial charge in [-0.2, -0.15) is 0 Å². The predicted molar refractivity (Wildman–Crippen MR) is 119 cm³/mol. The van der Waals surface area contributed by atoms with Gasteiger partial charge < -0.3 is 9.47 Å². The maximum Gasteiger partial charge on any atom is 0.338 e. The van der Waals surface area contributed by atoms with Crippen LogP contribution in [0.2, 0.25) is 0 Å². The van der Waals surface area contributed by atoms with Gasteiger partial charge in [-0.05, 0) is 55.9 Å². The number of hydrogen-bond acceptors (Lipinski definition) is 3. The summed E-state index contributed by atoms with van der Waals surface area (Å²) in [5.74, 6) is -0.252. The molecule has 3 heteroatoms. The van der Waals surface area contributed by atoms with E-state index in [1.54, 1.807) is 0 Å². The summed E-state index contributed by atoms with van der Waals surface area (Å²) in [6.07, 6.45) is 12.7. The van der Waals surface area contributed by atoms with Gasteiger partial charge in [0.25, 0.3) is 0 Å². The first-order chi connectivity index (χ1) is 14.3. The summed E-state index contributed by atoms with van der Waals surface area (Å²) in [6, 6.07) is 18.0. The Kier molecular flexibility index (Phi) is 11.5. The zero-order valence-corrected chi connectivity index (χ0v) is 17.6. The molecule has 2 rings (SSSR count). The fourth-order valence-corrected chi connectivity index (χ4v) is 3.09. The fourth-order valence-electron chi connectivity index (χ4n) is 3.09. The van der Waals surface area contributed by atoms with E-state index >= 15 is 0 Å². The largest absolute Gasteiger partial charge is 0.462 e. The van der Waals surface area contributed by atoms with Crippen molar-refractivity contribution in [3.8, 4) is 0 Å². The maximum absolute atomic E-state index is 11.6. The lowest BCUT2D eigenvalue weighted by atomic mass is 10.1. The van der Waals surface area contributed by atoms with Crippen molar-refractivity contribution in [3.63, 3.8) is 0 Å². The summed E-state index contributed by atoms with van der Waals surface area (Å²) >= 11 is 0. The molecule has 0 fully saturated rings. The Balaban J connectivity index is 1.44. The van der Waals surface area contributed by atoms with E-state index in [4.69, 9.17) is 9.47 Å². The van der Waals surface area contributed by atoms with Crippen molar-refractivity contribution in [2.45, 2.75) is 58.5 Å². The molecule has 0 spiro atoms. The standard InChI is InChI=1S/C26H34O3/c1-2-29-26(27)25-19-17-23(18-20-25)14-10-7-5-3-4-6-8-13-21-28-22-24-15-11-9-12-16-24/h7,9-12,15-20H,2-6,8,13-14,21-22H2,1H3/b10-7+. The van der Waals surface area contributed by atoms with E-state index in [1.807, 2.05) is 37.3 Å². The van der Waals surface area contributed by atoms with E-state index in [1.165, 1.54) is 36.8 Å². The van der Waals surface area contributed by atoms with Crippen LogP contribution in [-0.4, -0.2) is 19.2 Å². The first-order valence-electron chi connectivity index (χ1n) is 10.8. The topological polar surface area (TPSA) is 35.5 Å². The van der Waals surface area contributed by atoms with E-state index in [2.05, 4.69) is 36.4 Å². The van der Waals surface area contributed by atoms with Crippen LogP contribution in [0.1, 0.15) is 66.9 Å². The van der Waals surface area contributed by atoms with Gasteiger partial charge in [0, 0.05) is 6.61 Å². The second-order valence-corrected chi connectivity index (χ2v) is 7.19. The van der Waals surface area contributed by atoms with Crippen molar-refractivity contribution in [2.75, 3.05) is 13.2 Å². The van der Waals surface area contributed by atoms with Gasteiger partial charge in [-0.15, -0.1) is 0 Å². The average Bonchev–Trinajstić information content (AvgIpc) is 2.76. The molecule has 2 aromatic carbocycles. The molecule has 3 nitrogen and oxygen atoms in total. The molecule has 0 saturated heterocycles. The minimum absolute atomic E-state index is 0.252. The third-order valence-corrected chi connectivity index (χ3v) is 4.76. The van der Waals surface area contributed by atoms with Gasteiger partial charge in [-0.1, -0.05) is 73.9 Å². The van der Waals surface area contributed by atoms with Crippen LogP contribution in [0.25, 0.3) is 0 Å². The van der Waals surface area contributed by atoms with Crippen LogP contribution in [0.4, 0.5) is 0 Å². The zero-order valence-electron chi connectivity index (χ0n) is 17.6. The van der Waals surface area contributed by atoms with E-state index in [0.29, 0.717) is 12.2 Å². The van der Waals surface area contributed by atoms with Crippen molar-refractivity contribution in [1.82, 2.24) is 0 Å². The Bertz CT molecular complexity index is 704. The molecule has 0 aliphatic heterocycles. The van der Waals surface area contributed by atoms with Crippen LogP contribution in [0.5, 0.6) is 0 Å². The van der Waals surface area contributed by atoms with Crippen molar-refractivity contribution in [3.05, 3.63) is 83.4 Å². The highest BCUT2D eigenvalue weighted by Gasteiger charge is 2.04. The van der Waals surface area contributed by atoms with Crippen LogP contribution in [0, 0.1) is 0 Å². The van der Waals surface area contributed by atoms with Crippen molar-refractivity contribution in [1.29, 1.82) is 0 Å². The highest BCUT2D eigenvalue weighted by Crippen LogP contribution is 2.10. The van der Waals surface area contributed by atoms with Gasteiger partial charge in [0.1, 0.15) is 0 Å². The summed E-state index contributed by atoms with van der Waals surface area (Å²) < 4.78 is 10.7. The molecule has 156 valence electrons. The summed E-state index contributed by atoms with van der Waals surface area (Å²) in [4.78, 5) is 11.6. The Morgan fingerprint density at radius 2 is 1.55 bits per heavy atom. The van der Waals surface area contributed by atoms with Gasteiger partial charge in [0.2, 0.25) is 0 Å². The molecule has 0 aliphatic rings. The lowest BCUT2D eigenvalue weighted by Crippen LogP contribution is -2.04. The second-order valence-electron chi connectivity index (χ2n) is 7.19. The number of unbranched alkanes of at least 4 members (excludes halogenated alkanes) is 5. The smallest absolute Gasteiger partial charge is 0.338 e. The fraction of sp³-hybridized carbons (Fsp3) is 0.423. The summed E-state index contributed by atoms with van der Waals surface area (Å²) in [5, 5.41) is 0. The number of rotatable bonds is 14. The number of hydrogen-bond donors (Lipinski definition) is 0. The Hall–Kier alpha value is -2.39. The van der Waals surface area contributed by atoms with E-state index in [9.17, 15) is 4.79 Å². The number of carbonyl (C=O) groups excluding carboxylic acids is 1. The first kappa shape index (κ1) is 22.9. The Morgan fingerprint density at radius 3 is 2.31 bits per heavy atom. The third-order valence-electron chi connectivity index (χ3n) is 4.76. The number of esters is 1. The van der Waals surface area contributed by atoms with Crippen molar-refractivity contribution >= 4 is 5.97 Å². The number of ether oxygens (including phenoxy) is 2. The molecule has 0 bridgehead atoms. The second kappa shape index (κ2) is 14.6. The predicted octanol–water partition coefficient (Wildman–Crippen LogP) is 6.52. The lowest BCUT2D eigenvalue weighted by Gasteiger charge is -2.04. The van der Waals surface area contributed by atoms with Crippen LogP contribution in [0.3, 0.4) is 0 Å². The zero-order chi connectivity index (χ0) is 20.6. The molecule has 0 radical (unpaired) electrons. The van der Waals surface area contributed by atoms with Crippen LogP contribution in [0.15, 0.2) is 66.7 Å². The van der Waals surface area contributed by atoms with Crippen LogP contribution in [-0.2, 0) is 22.5 Å². The van der Waals surface area contributed by atoms with Gasteiger partial charge >= 0.3 is 5.97 Å². The van der Waals surface area contributed by atoms with Gasteiger partial charge in [-0.3, -0.25) is 0 Å². The van der Waals surface area contributed by atoms with Crippen LogP contribution < -0.4 is 0 Å². The van der Waals surface area contributed by atoms with Crippen molar-refractivity contribution in [2.24, 2.45) is 0 Å². The molecular formula is C26H34O3. The Labute approximate surface area is 175 Å². The molecule has 0 amide bonds. The molecule has 0 atom stereocenters. The van der Waals surface area contributed by atoms with Gasteiger partial charge in [-0.25, -0.2) is 4.79 Å². The highest BCUT2D eigenvalue weighted by molar-refractivity contribution is 5.89. The summed E-state index contributed by atoms with van der Waals surface area (Å²) in [6.45, 7) is 3.80. The Morgan fingerprint density at radius 1 is 0.828 bits per heavy atom. The molecule has 29 heavy (non-hydrogen) atoms. The number of allylic oxidation sites excluding steroid dienone is 2. The highest BCUT2D eigenvalue weighted by atomic mass is 16.5. The lowest BCUT2D eigenvalue weighted by molar-refractivity contribution is 0.0526. The van der Waals surface area contributed by atoms with Crippen LogP contribution >= 0.6 is 0 Å². The normalized spacial score (nSPS) is 11.1.